The Morgan fingerprint density at radius 2 is 1.59 bits per heavy atom. The molecular weight excluding hydrogens is 462 g/mol. The maximum absolute atomic E-state index is 12.8. The van der Waals surface area contributed by atoms with Gasteiger partial charge in [0, 0.05) is 31.6 Å². The maximum atomic E-state index is 12.8. The van der Waals surface area contributed by atoms with Crippen molar-refractivity contribution in [2.75, 3.05) is 6.54 Å². The number of benzene rings is 2. The zero-order valence-electron chi connectivity index (χ0n) is 21.5. The molecule has 6 heteroatoms. The van der Waals surface area contributed by atoms with Gasteiger partial charge in [-0.25, -0.2) is 5.43 Å². The summed E-state index contributed by atoms with van der Waals surface area (Å²) in [6.07, 6.45) is 12.8. The summed E-state index contributed by atoms with van der Waals surface area (Å²) in [4.78, 5) is 25.7. The number of allylic oxidation sites excluding steroid dienone is 2. The number of unbranched alkanes of at least 4 members (excludes halogenated alkanes) is 1. The minimum Gasteiger partial charge on any atom is -0.481 e. The molecule has 4 rings (SSSR count). The number of nitrogens with one attached hydrogen (secondary N) is 1. The van der Waals surface area contributed by atoms with Crippen LogP contribution in [0.1, 0.15) is 56.1 Å². The highest BCUT2D eigenvalue weighted by molar-refractivity contribution is 5.79. The number of rotatable bonds is 14. The fourth-order valence-electron chi connectivity index (χ4n) is 6.06. The quantitative estimate of drug-likeness (QED) is 0.152. The lowest BCUT2D eigenvalue weighted by atomic mass is 9.78. The Kier molecular flexibility index (Phi) is 10.1. The highest BCUT2D eigenvalue weighted by Gasteiger charge is 2.46. The lowest BCUT2D eigenvalue weighted by molar-refractivity contribution is -0.137. The number of amides is 1. The van der Waals surface area contributed by atoms with Gasteiger partial charge in [0.05, 0.1) is 6.54 Å². The van der Waals surface area contributed by atoms with E-state index < -0.39 is 5.97 Å². The fraction of sp³-hybridized carbons (Fsp3) is 0.452. The Bertz CT molecular complexity index is 1010. The number of aliphatic carboxylic acids is 1. The number of hydrazone groups is 1. The van der Waals surface area contributed by atoms with Crippen LogP contribution in [0.3, 0.4) is 0 Å². The van der Waals surface area contributed by atoms with Crippen molar-refractivity contribution in [2.24, 2.45) is 28.8 Å². The minimum absolute atomic E-state index is 0.0962. The average molecular weight is 502 g/mol. The molecule has 0 spiro atoms. The first kappa shape index (κ1) is 26.8. The lowest BCUT2D eigenvalue weighted by Gasteiger charge is -2.27. The molecule has 0 aromatic heterocycles. The Balaban J connectivity index is 1.29. The summed E-state index contributed by atoms with van der Waals surface area (Å²) in [5, 5.41) is 13.2. The third-order valence-corrected chi connectivity index (χ3v) is 7.80. The normalized spacial score (nSPS) is 22.8. The third kappa shape index (κ3) is 8.39. The van der Waals surface area contributed by atoms with Crippen LogP contribution >= 0.6 is 0 Å². The van der Waals surface area contributed by atoms with E-state index in [1.165, 1.54) is 30.4 Å². The summed E-state index contributed by atoms with van der Waals surface area (Å²) in [5.74, 6) is 1.51. The van der Waals surface area contributed by atoms with Crippen molar-refractivity contribution in [3.8, 4) is 0 Å². The molecule has 6 nitrogen and oxygen atoms in total. The van der Waals surface area contributed by atoms with Crippen molar-refractivity contribution in [3.63, 3.8) is 0 Å². The summed E-state index contributed by atoms with van der Waals surface area (Å²) in [6, 6.07) is 20.5. The van der Waals surface area contributed by atoms with Crippen molar-refractivity contribution in [1.82, 2.24) is 10.3 Å². The van der Waals surface area contributed by atoms with Crippen molar-refractivity contribution in [3.05, 3.63) is 83.9 Å². The van der Waals surface area contributed by atoms with Crippen molar-refractivity contribution in [1.29, 1.82) is 0 Å². The number of carbonyl (C=O) groups excluding carboxylic acids is 1. The van der Waals surface area contributed by atoms with E-state index in [9.17, 15) is 9.59 Å². The molecule has 2 N–H and O–H groups in total. The second-order valence-corrected chi connectivity index (χ2v) is 10.5. The summed E-state index contributed by atoms with van der Waals surface area (Å²) < 4.78 is 0. The van der Waals surface area contributed by atoms with Crippen LogP contribution < -0.4 is 5.43 Å². The Morgan fingerprint density at radius 1 is 0.946 bits per heavy atom. The highest BCUT2D eigenvalue weighted by Crippen LogP contribution is 2.52. The second kappa shape index (κ2) is 13.9. The molecule has 196 valence electrons. The molecule has 4 unspecified atom stereocenters. The molecule has 4 atom stereocenters. The fourth-order valence-corrected chi connectivity index (χ4v) is 6.06. The highest BCUT2D eigenvalue weighted by atomic mass is 16.4. The van der Waals surface area contributed by atoms with Gasteiger partial charge in [0.15, 0.2) is 0 Å². The van der Waals surface area contributed by atoms with Crippen LogP contribution in [0.15, 0.2) is 77.9 Å². The van der Waals surface area contributed by atoms with Crippen LogP contribution in [0.5, 0.6) is 0 Å². The number of nitrogens with zero attached hydrogens (tertiary/aromatic N) is 2. The van der Waals surface area contributed by atoms with Gasteiger partial charge in [-0.3, -0.25) is 14.5 Å². The van der Waals surface area contributed by atoms with E-state index in [1.54, 1.807) is 0 Å². The number of carboxylic acids is 1. The SMILES string of the molecule is O=C(O)CCCC=CCC1C2CCC(C2)C1C=NNC(=O)CN(Cc1ccccc1)Cc1ccccc1. The van der Waals surface area contributed by atoms with Crippen LogP contribution in [0, 0.1) is 23.7 Å². The molecule has 2 aromatic carbocycles. The molecule has 0 aliphatic heterocycles. The first-order valence-electron chi connectivity index (χ1n) is 13.6. The van der Waals surface area contributed by atoms with Gasteiger partial charge in [0.1, 0.15) is 0 Å². The molecular formula is C31H39N3O3. The molecule has 2 fully saturated rings. The first-order valence-corrected chi connectivity index (χ1v) is 13.6. The molecule has 2 bridgehead atoms. The standard InChI is InChI=1S/C31H39N3O3/c35-30(23-34(21-24-11-5-3-6-12-24)22-25-13-7-4-8-14-25)33-32-20-29-27-18-17-26(19-27)28(29)15-9-1-2-10-16-31(36)37/h1,3-9,11-14,20,26-29H,2,10,15-19,21-23H2,(H,33,35)(H,36,37). The van der Waals surface area contributed by atoms with E-state index in [0.717, 1.165) is 18.8 Å². The Labute approximate surface area is 220 Å². The van der Waals surface area contributed by atoms with E-state index >= 15 is 0 Å². The summed E-state index contributed by atoms with van der Waals surface area (Å²) in [6.45, 7) is 1.67. The average Bonchev–Trinajstić information content (AvgIpc) is 3.49. The van der Waals surface area contributed by atoms with Gasteiger partial charge in [-0.2, -0.15) is 5.10 Å². The predicted molar refractivity (Wildman–Crippen MR) is 147 cm³/mol. The minimum atomic E-state index is -0.733. The maximum Gasteiger partial charge on any atom is 0.303 e. The van der Waals surface area contributed by atoms with Crippen LogP contribution in [-0.2, 0) is 22.7 Å². The lowest BCUT2D eigenvalue weighted by Crippen LogP contribution is -2.35. The predicted octanol–water partition coefficient (Wildman–Crippen LogP) is 5.65. The number of hydrogen-bond donors (Lipinski definition) is 2. The van der Waals surface area contributed by atoms with Gasteiger partial charge in [-0.05, 0) is 67.4 Å². The van der Waals surface area contributed by atoms with E-state index in [1.807, 2.05) is 42.6 Å². The topological polar surface area (TPSA) is 82.0 Å². The van der Waals surface area contributed by atoms with Gasteiger partial charge >= 0.3 is 5.97 Å². The number of fused-ring (bicyclic) bond motifs is 2. The molecule has 2 aliphatic rings. The van der Waals surface area contributed by atoms with Gasteiger partial charge < -0.3 is 5.11 Å². The largest absolute Gasteiger partial charge is 0.481 e. The van der Waals surface area contributed by atoms with Crippen molar-refractivity contribution < 1.29 is 14.7 Å². The van der Waals surface area contributed by atoms with E-state index in [2.05, 4.69) is 51.8 Å². The third-order valence-electron chi connectivity index (χ3n) is 7.80. The zero-order valence-corrected chi connectivity index (χ0v) is 21.5. The molecule has 1 amide bonds. The van der Waals surface area contributed by atoms with E-state index in [-0.39, 0.29) is 18.9 Å². The molecule has 37 heavy (non-hydrogen) atoms. The van der Waals surface area contributed by atoms with Crippen molar-refractivity contribution >= 4 is 18.1 Å². The van der Waals surface area contributed by atoms with Crippen LogP contribution in [0.4, 0.5) is 0 Å². The molecule has 2 aliphatic carbocycles. The summed E-state index contributed by atoms with van der Waals surface area (Å²) in [7, 11) is 0. The van der Waals surface area contributed by atoms with Gasteiger partial charge in [-0.1, -0.05) is 72.8 Å². The van der Waals surface area contributed by atoms with Crippen molar-refractivity contribution in [2.45, 2.75) is 58.0 Å². The van der Waals surface area contributed by atoms with E-state index in [0.29, 0.717) is 37.3 Å². The van der Waals surface area contributed by atoms with Crippen LogP contribution in [-0.4, -0.2) is 34.6 Å². The monoisotopic (exact) mass is 501 g/mol. The summed E-state index contributed by atoms with van der Waals surface area (Å²) in [5.41, 5.74) is 5.15. The molecule has 0 radical (unpaired) electrons. The van der Waals surface area contributed by atoms with E-state index in [4.69, 9.17) is 5.11 Å². The Morgan fingerprint density at radius 3 is 2.24 bits per heavy atom. The molecule has 2 saturated carbocycles. The second-order valence-electron chi connectivity index (χ2n) is 10.5. The zero-order chi connectivity index (χ0) is 25.9. The molecule has 0 saturated heterocycles. The first-order chi connectivity index (χ1) is 18.1. The number of carboxylic acid groups (broad SMARTS) is 1. The van der Waals surface area contributed by atoms with Gasteiger partial charge in [0.2, 0.25) is 0 Å². The number of hydrogen-bond acceptors (Lipinski definition) is 4. The Hall–Kier alpha value is -3.25. The van der Waals surface area contributed by atoms with Crippen LogP contribution in [0.2, 0.25) is 0 Å². The summed E-state index contributed by atoms with van der Waals surface area (Å²) >= 11 is 0. The molecule has 0 heterocycles. The van der Waals surface area contributed by atoms with Crippen LogP contribution in [0.25, 0.3) is 0 Å². The smallest absolute Gasteiger partial charge is 0.303 e. The molecule has 2 aromatic rings. The van der Waals surface area contributed by atoms with Gasteiger partial charge in [-0.15, -0.1) is 0 Å². The van der Waals surface area contributed by atoms with Gasteiger partial charge in [0.25, 0.3) is 5.91 Å². The number of carbonyl (C=O) groups is 2.